The summed E-state index contributed by atoms with van der Waals surface area (Å²) in [7, 11) is 0. The molecule has 0 fully saturated rings. The SMILES string of the molecule is CC(C)(C)C(=Nc1onc(O)c1C(F)(F)F)C(C)(C)C. The number of halogens is 3. The molecule has 7 heteroatoms. The number of hydrogen-bond donors (Lipinski definition) is 1. The standard InChI is InChI=1S/C13H19F3N2O2/c1-11(2,3)10(12(4,5)6)17-9-7(13(14,15)16)8(19)18-20-9/h1-6H3,(H,18,19). The van der Waals surface area contributed by atoms with Crippen molar-refractivity contribution < 1.29 is 22.8 Å². The Bertz CT molecular complexity index is 501. The Morgan fingerprint density at radius 3 is 1.85 bits per heavy atom. The maximum Gasteiger partial charge on any atom is 0.427 e. The molecule has 1 aromatic rings. The molecule has 0 aromatic carbocycles. The first-order chi connectivity index (χ1) is 8.74. The Morgan fingerprint density at radius 1 is 1.05 bits per heavy atom. The lowest BCUT2D eigenvalue weighted by atomic mass is 9.75. The van der Waals surface area contributed by atoms with Crippen LogP contribution >= 0.6 is 0 Å². The minimum absolute atomic E-state index is 0.455. The fourth-order valence-corrected chi connectivity index (χ4v) is 2.16. The summed E-state index contributed by atoms with van der Waals surface area (Å²) in [5.74, 6) is -1.91. The van der Waals surface area contributed by atoms with Crippen LogP contribution in [0.2, 0.25) is 0 Å². The molecule has 4 nitrogen and oxygen atoms in total. The smallest absolute Gasteiger partial charge is 0.427 e. The quantitative estimate of drug-likeness (QED) is 0.772. The molecular formula is C13H19F3N2O2. The molecule has 1 heterocycles. The normalized spacial score (nSPS) is 13.4. The fourth-order valence-electron chi connectivity index (χ4n) is 2.16. The molecule has 0 saturated carbocycles. The van der Waals surface area contributed by atoms with E-state index in [9.17, 15) is 18.3 Å². The van der Waals surface area contributed by atoms with Gasteiger partial charge < -0.3 is 9.63 Å². The molecule has 0 aliphatic carbocycles. The third-order valence-corrected chi connectivity index (χ3v) is 2.57. The van der Waals surface area contributed by atoms with Crippen LogP contribution in [-0.2, 0) is 6.18 Å². The highest BCUT2D eigenvalue weighted by molar-refractivity contribution is 5.95. The van der Waals surface area contributed by atoms with E-state index in [2.05, 4.69) is 14.7 Å². The summed E-state index contributed by atoms with van der Waals surface area (Å²) < 4.78 is 43.1. The Morgan fingerprint density at radius 2 is 1.50 bits per heavy atom. The second-order valence-corrected chi connectivity index (χ2v) is 6.64. The van der Waals surface area contributed by atoms with E-state index in [0.717, 1.165) is 0 Å². The van der Waals surface area contributed by atoms with E-state index in [1.54, 1.807) is 0 Å². The number of aromatic hydroxyl groups is 1. The van der Waals surface area contributed by atoms with Gasteiger partial charge in [0.05, 0.1) is 0 Å². The van der Waals surface area contributed by atoms with Crippen LogP contribution in [0.4, 0.5) is 19.1 Å². The summed E-state index contributed by atoms with van der Waals surface area (Å²) in [6.45, 7) is 11.1. The van der Waals surface area contributed by atoms with Crippen molar-refractivity contribution in [2.75, 3.05) is 0 Å². The molecule has 0 aliphatic heterocycles. The minimum Gasteiger partial charge on any atom is -0.491 e. The van der Waals surface area contributed by atoms with Gasteiger partial charge in [-0.15, -0.1) is 0 Å². The molecular weight excluding hydrogens is 273 g/mol. The number of rotatable bonds is 1. The number of hydrogen-bond acceptors (Lipinski definition) is 4. The number of aliphatic imine (C=N–C) groups is 1. The molecule has 1 aromatic heterocycles. The average Bonchev–Trinajstić information content (AvgIpc) is 2.51. The van der Waals surface area contributed by atoms with Crippen LogP contribution in [0.25, 0.3) is 0 Å². The predicted molar refractivity (Wildman–Crippen MR) is 69.2 cm³/mol. The van der Waals surface area contributed by atoms with E-state index in [-0.39, 0.29) is 0 Å². The summed E-state index contributed by atoms with van der Waals surface area (Å²) in [6.07, 6.45) is -4.77. The van der Waals surface area contributed by atoms with Gasteiger partial charge in [0, 0.05) is 16.5 Å². The molecule has 0 unspecified atom stereocenters. The van der Waals surface area contributed by atoms with E-state index in [4.69, 9.17) is 0 Å². The monoisotopic (exact) mass is 292 g/mol. The average molecular weight is 292 g/mol. The molecule has 1 N–H and O–H groups in total. The molecule has 0 bridgehead atoms. The second kappa shape index (κ2) is 4.79. The topological polar surface area (TPSA) is 58.6 Å². The van der Waals surface area contributed by atoms with Gasteiger partial charge in [-0.3, -0.25) is 0 Å². The van der Waals surface area contributed by atoms with Gasteiger partial charge >= 0.3 is 6.18 Å². The van der Waals surface area contributed by atoms with E-state index >= 15 is 0 Å². The summed E-state index contributed by atoms with van der Waals surface area (Å²) in [5.41, 5.74) is -1.73. The minimum atomic E-state index is -4.77. The first-order valence-electron chi connectivity index (χ1n) is 6.10. The van der Waals surface area contributed by atoms with E-state index in [0.29, 0.717) is 5.71 Å². The van der Waals surface area contributed by atoms with Crippen molar-refractivity contribution in [2.45, 2.75) is 47.7 Å². The first-order valence-corrected chi connectivity index (χ1v) is 6.10. The molecule has 0 radical (unpaired) electrons. The van der Waals surface area contributed by atoms with Crippen molar-refractivity contribution in [3.63, 3.8) is 0 Å². The third kappa shape index (κ3) is 3.52. The van der Waals surface area contributed by atoms with Crippen LogP contribution in [0.1, 0.15) is 47.1 Å². The zero-order valence-electron chi connectivity index (χ0n) is 12.4. The van der Waals surface area contributed by atoms with Gasteiger partial charge in [-0.05, 0) is 5.16 Å². The summed E-state index contributed by atoms with van der Waals surface area (Å²) in [5, 5.41) is 12.1. The van der Waals surface area contributed by atoms with Gasteiger partial charge in [0.15, 0.2) is 5.56 Å². The Labute approximate surface area is 115 Å². The maximum absolute atomic E-state index is 12.9. The zero-order chi connectivity index (χ0) is 15.9. The lowest BCUT2D eigenvalue weighted by Gasteiger charge is -2.31. The highest BCUT2D eigenvalue weighted by atomic mass is 19.4. The van der Waals surface area contributed by atoms with Crippen molar-refractivity contribution in [1.29, 1.82) is 0 Å². The number of nitrogens with zero attached hydrogens (tertiary/aromatic N) is 2. The fraction of sp³-hybridized carbons (Fsp3) is 0.692. The van der Waals surface area contributed by atoms with Crippen LogP contribution in [0.15, 0.2) is 9.52 Å². The van der Waals surface area contributed by atoms with Crippen LogP contribution in [-0.4, -0.2) is 16.0 Å². The summed E-state index contributed by atoms with van der Waals surface area (Å²) in [6, 6.07) is 0. The molecule has 20 heavy (non-hydrogen) atoms. The van der Waals surface area contributed by atoms with Gasteiger partial charge in [0.25, 0.3) is 11.8 Å². The van der Waals surface area contributed by atoms with E-state index in [1.807, 2.05) is 41.5 Å². The van der Waals surface area contributed by atoms with E-state index in [1.165, 1.54) is 0 Å². The number of alkyl halides is 3. The second-order valence-electron chi connectivity index (χ2n) is 6.64. The van der Waals surface area contributed by atoms with Crippen molar-refractivity contribution >= 4 is 11.6 Å². The highest BCUT2D eigenvalue weighted by Gasteiger charge is 2.42. The van der Waals surface area contributed by atoms with Crippen LogP contribution in [0, 0.1) is 10.8 Å². The van der Waals surface area contributed by atoms with Gasteiger partial charge in [0.1, 0.15) is 0 Å². The molecule has 0 aliphatic rings. The van der Waals surface area contributed by atoms with Crippen molar-refractivity contribution in [1.82, 2.24) is 5.16 Å². The molecule has 0 saturated heterocycles. The van der Waals surface area contributed by atoms with Crippen LogP contribution in [0.3, 0.4) is 0 Å². The summed E-state index contributed by atoms with van der Waals surface area (Å²) >= 11 is 0. The van der Waals surface area contributed by atoms with Gasteiger partial charge in [-0.25, -0.2) is 4.99 Å². The number of aromatic nitrogens is 1. The van der Waals surface area contributed by atoms with E-state index < -0.39 is 34.3 Å². The maximum atomic E-state index is 12.9. The summed E-state index contributed by atoms with van der Waals surface area (Å²) in [4.78, 5) is 4.00. The highest BCUT2D eigenvalue weighted by Crippen LogP contribution is 2.43. The third-order valence-electron chi connectivity index (χ3n) is 2.57. The Hall–Kier alpha value is -1.53. The lowest BCUT2D eigenvalue weighted by Crippen LogP contribution is -2.32. The van der Waals surface area contributed by atoms with Crippen molar-refractivity contribution in [3.05, 3.63) is 5.56 Å². The Balaban J connectivity index is 3.49. The van der Waals surface area contributed by atoms with Gasteiger partial charge in [-0.2, -0.15) is 13.2 Å². The van der Waals surface area contributed by atoms with Crippen molar-refractivity contribution in [3.8, 4) is 5.88 Å². The first kappa shape index (κ1) is 16.5. The largest absolute Gasteiger partial charge is 0.491 e. The van der Waals surface area contributed by atoms with Gasteiger partial charge in [-0.1, -0.05) is 41.5 Å². The molecule has 0 amide bonds. The van der Waals surface area contributed by atoms with Crippen molar-refractivity contribution in [2.24, 2.45) is 15.8 Å². The zero-order valence-corrected chi connectivity index (χ0v) is 12.4. The molecule has 114 valence electrons. The predicted octanol–water partition coefficient (Wildman–Crippen LogP) is 4.56. The molecule has 1 rings (SSSR count). The molecule has 0 atom stereocenters. The molecule has 0 spiro atoms. The van der Waals surface area contributed by atoms with Crippen LogP contribution < -0.4 is 0 Å². The van der Waals surface area contributed by atoms with Crippen LogP contribution in [0.5, 0.6) is 5.88 Å². The van der Waals surface area contributed by atoms with Gasteiger partial charge in [0.2, 0.25) is 0 Å². The Kier molecular flexibility index (Phi) is 3.95. The lowest BCUT2D eigenvalue weighted by molar-refractivity contribution is -0.138.